The predicted octanol–water partition coefficient (Wildman–Crippen LogP) is 0.0665. The van der Waals surface area contributed by atoms with E-state index in [1.165, 1.54) is 12.1 Å². The van der Waals surface area contributed by atoms with Gasteiger partial charge in [-0.3, -0.25) is 10.1 Å². The van der Waals surface area contributed by atoms with Gasteiger partial charge < -0.3 is 10.2 Å². The third kappa shape index (κ3) is 3.03. The molecule has 18 heavy (non-hydrogen) atoms. The average Bonchev–Trinajstić information content (AvgIpc) is 2.29. The van der Waals surface area contributed by atoms with Gasteiger partial charge in [0.05, 0.1) is 23.0 Å². The Hall–Kier alpha value is -1.51. The summed E-state index contributed by atoms with van der Waals surface area (Å²) in [5, 5.41) is 28.9. The molecule has 0 bridgehead atoms. The van der Waals surface area contributed by atoms with Crippen LogP contribution in [-0.4, -0.2) is 43.0 Å². The number of nitro groups is 1. The first-order valence-corrected chi connectivity index (χ1v) is 6.90. The topological polar surface area (TPSA) is 118 Å². The van der Waals surface area contributed by atoms with Crippen molar-refractivity contribution in [2.24, 2.45) is 0 Å². The van der Waals surface area contributed by atoms with Gasteiger partial charge in [0.2, 0.25) is 0 Å². The summed E-state index contributed by atoms with van der Waals surface area (Å²) in [6.07, 6.45) is 0.946. The number of aliphatic hydroxyl groups excluding tert-OH is 2. The van der Waals surface area contributed by atoms with E-state index in [0.717, 1.165) is 12.3 Å². The summed E-state index contributed by atoms with van der Waals surface area (Å²) in [4.78, 5) is 9.98. The van der Waals surface area contributed by atoms with Gasteiger partial charge in [0.15, 0.2) is 9.84 Å². The van der Waals surface area contributed by atoms with Gasteiger partial charge in [0, 0.05) is 23.8 Å². The molecule has 1 aromatic carbocycles. The van der Waals surface area contributed by atoms with Gasteiger partial charge in [-0.05, 0) is 6.07 Å². The maximum absolute atomic E-state index is 11.3. The van der Waals surface area contributed by atoms with Crippen molar-refractivity contribution in [3.8, 4) is 0 Å². The first-order chi connectivity index (χ1) is 8.31. The maximum atomic E-state index is 11.3. The molecule has 0 amide bonds. The second kappa shape index (κ2) is 5.42. The van der Waals surface area contributed by atoms with Crippen LogP contribution in [0.4, 0.5) is 5.69 Å². The zero-order valence-corrected chi connectivity index (χ0v) is 10.4. The number of hydrogen-bond acceptors (Lipinski definition) is 6. The molecule has 0 fully saturated rings. The summed E-state index contributed by atoms with van der Waals surface area (Å²) in [6, 6.07) is 3.39. The van der Waals surface area contributed by atoms with E-state index in [0.29, 0.717) is 0 Å². The fraction of sp³-hybridized carbons (Fsp3) is 0.400. The second-order valence-corrected chi connectivity index (χ2v) is 5.83. The van der Waals surface area contributed by atoms with E-state index in [1.807, 2.05) is 0 Å². The van der Waals surface area contributed by atoms with Gasteiger partial charge in [-0.25, -0.2) is 8.42 Å². The number of nitrogens with zero attached hydrogens (tertiary/aromatic N) is 1. The quantitative estimate of drug-likeness (QED) is 0.579. The highest BCUT2D eigenvalue weighted by Gasteiger charge is 2.23. The number of rotatable bonds is 5. The standard InChI is InChI=1S/C10H13NO6S/c1-18(16,17)8-2-3-9(7(5-12)6-13)10(4-8)11(14)15/h2-4,7,12-13H,5-6H2,1H3. The summed E-state index contributed by atoms with van der Waals surface area (Å²) in [5.74, 6) is -0.806. The number of hydrogen-bond donors (Lipinski definition) is 2. The minimum absolute atomic E-state index is 0.109. The van der Waals surface area contributed by atoms with Crippen molar-refractivity contribution in [1.29, 1.82) is 0 Å². The number of sulfone groups is 1. The molecule has 0 unspecified atom stereocenters. The summed E-state index contributed by atoms with van der Waals surface area (Å²) < 4.78 is 22.6. The summed E-state index contributed by atoms with van der Waals surface area (Å²) in [7, 11) is -3.54. The maximum Gasteiger partial charge on any atom is 0.274 e. The van der Waals surface area contributed by atoms with Crippen molar-refractivity contribution in [3.05, 3.63) is 33.9 Å². The van der Waals surface area contributed by atoms with E-state index in [4.69, 9.17) is 10.2 Å². The molecule has 0 saturated carbocycles. The van der Waals surface area contributed by atoms with Crippen molar-refractivity contribution in [1.82, 2.24) is 0 Å². The van der Waals surface area contributed by atoms with E-state index in [-0.39, 0.29) is 10.5 Å². The van der Waals surface area contributed by atoms with Gasteiger partial charge in [0.25, 0.3) is 5.69 Å². The summed E-state index contributed by atoms with van der Waals surface area (Å²) >= 11 is 0. The van der Waals surface area contributed by atoms with Gasteiger partial charge in [-0.2, -0.15) is 0 Å². The highest BCUT2D eigenvalue weighted by Crippen LogP contribution is 2.28. The molecule has 0 aliphatic rings. The Bertz CT molecular complexity index is 549. The van der Waals surface area contributed by atoms with Crippen molar-refractivity contribution < 1.29 is 23.6 Å². The molecular formula is C10H13NO6S. The molecule has 0 heterocycles. The van der Waals surface area contributed by atoms with Crippen molar-refractivity contribution >= 4 is 15.5 Å². The van der Waals surface area contributed by atoms with Crippen LogP contribution in [-0.2, 0) is 9.84 Å². The lowest BCUT2D eigenvalue weighted by molar-refractivity contribution is -0.386. The number of nitro benzene ring substituents is 1. The predicted molar refractivity (Wildman–Crippen MR) is 63.1 cm³/mol. The van der Waals surface area contributed by atoms with Crippen molar-refractivity contribution in [2.75, 3.05) is 19.5 Å². The number of benzene rings is 1. The number of aliphatic hydroxyl groups is 2. The zero-order chi connectivity index (χ0) is 13.9. The molecule has 0 aliphatic heterocycles. The fourth-order valence-corrected chi connectivity index (χ4v) is 2.15. The Balaban J connectivity index is 3.43. The molecule has 0 atom stereocenters. The van der Waals surface area contributed by atoms with Crippen LogP contribution in [0.3, 0.4) is 0 Å². The molecule has 1 aromatic rings. The van der Waals surface area contributed by atoms with Gasteiger partial charge in [-0.1, -0.05) is 6.07 Å². The molecule has 0 radical (unpaired) electrons. The van der Waals surface area contributed by atoms with Gasteiger partial charge in [-0.15, -0.1) is 0 Å². The molecule has 0 aromatic heterocycles. The van der Waals surface area contributed by atoms with Crippen LogP contribution in [0.1, 0.15) is 11.5 Å². The Kier molecular flexibility index (Phi) is 4.38. The van der Waals surface area contributed by atoms with Crippen LogP contribution in [0.15, 0.2) is 23.1 Å². The van der Waals surface area contributed by atoms with Gasteiger partial charge >= 0.3 is 0 Å². The normalized spacial score (nSPS) is 11.8. The molecule has 0 spiro atoms. The van der Waals surface area contributed by atoms with Crippen molar-refractivity contribution in [2.45, 2.75) is 10.8 Å². The van der Waals surface area contributed by atoms with E-state index in [2.05, 4.69) is 0 Å². The molecule has 1 rings (SSSR count). The third-order valence-electron chi connectivity index (χ3n) is 2.51. The van der Waals surface area contributed by atoms with E-state index in [1.54, 1.807) is 0 Å². The van der Waals surface area contributed by atoms with Crippen LogP contribution in [0, 0.1) is 10.1 Å². The third-order valence-corrected chi connectivity index (χ3v) is 3.62. The van der Waals surface area contributed by atoms with E-state index in [9.17, 15) is 18.5 Å². The minimum atomic E-state index is -3.54. The zero-order valence-electron chi connectivity index (χ0n) is 9.61. The second-order valence-electron chi connectivity index (χ2n) is 3.81. The van der Waals surface area contributed by atoms with Gasteiger partial charge in [0.1, 0.15) is 0 Å². The first kappa shape index (κ1) is 14.6. The van der Waals surface area contributed by atoms with Crippen LogP contribution in [0.5, 0.6) is 0 Å². The molecule has 2 N–H and O–H groups in total. The summed E-state index contributed by atoms with van der Waals surface area (Å²) in [6.45, 7) is -0.925. The first-order valence-electron chi connectivity index (χ1n) is 5.01. The largest absolute Gasteiger partial charge is 0.396 e. The van der Waals surface area contributed by atoms with E-state index >= 15 is 0 Å². The average molecular weight is 275 g/mol. The molecule has 100 valence electrons. The smallest absolute Gasteiger partial charge is 0.274 e. The lowest BCUT2D eigenvalue weighted by Crippen LogP contribution is -2.12. The van der Waals surface area contributed by atoms with Crippen LogP contribution >= 0.6 is 0 Å². The molecule has 0 aliphatic carbocycles. The minimum Gasteiger partial charge on any atom is -0.396 e. The molecule has 8 heteroatoms. The Morgan fingerprint density at radius 2 is 1.89 bits per heavy atom. The van der Waals surface area contributed by atoms with Crippen LogP contribution < -0.4 is 0 Å². The Labute approximate surface area is 104 Å². The fourth-order valence-electron chi connectivity index (χ4n) is 1.51. The highest BCUT2D eigenvalue weighted by molar-refractivity contribution is 7.90. The molecule has 0 saturated heterocycles. The monoisotopic (exact) mass is 275 g/mol. The molecule has 7 nitrogen and oxygen atoms in total. The lowest BCUT2D eigenvalue weighted by Gasteiger charge is -2.12. The molecular weight excluding hydrogens is 262 g/mol. The summed E-state index contributed by atoms with van der Waals surface area (Å²) in [5.41, 5.74) is -0.316. The Morgan fingerprint density at radius 3 is 2.28 bits per heavy atom. The van der Waals surface area contributed by atoms with Crippen LogP contribution in [0.2, 0.25) is 0 Å². The van der Waals surface area contributed by atoms with Crippen molar-refractivity contribution in [3.63, 3.8) is 0 Å². The van der Waals surface area contributed by atoms with E-state index < -0.39 is 39.6 Å². The highest BCUT2D eigenvalue weighted by atomic mass is 32.2. The SMILES string of the molecule is CS(=O)(=O)c1ccc(C(CO)CO)c([N+](=O)[O-])c1. The Morgan fingerprint density at radius 1 is 1.33 bits per heavy atom. The lowest BCUT2D eigenvalue weighted by atomic mass is 9.99. The van der Waals surface area contributed by atoms with Crippen LogP contribution in [0.25, 0.3) is 0 Å².